The van der Waals surface area contributed by atoms with Gasteiger partial charge in [0.1, 0.15) is 11.6 Å². The van der Waals surface area contributed by atoms with Crippen LogP contribution >= 0.6 is 0 Å². The van der Waals surface area contributed by atoms with Gasteiger partial charge in [0, 0.05) is 0 Å². The summed E-state index contributed by atoms with van der Waals surface area (Å²) in [5.41, 5.74) is -0.804. The van der Waals surface area contributed by atoms with Crippen molar-refractivity contribution in [3.8, 4) is 0 Å². The Morgan fingerprint density at radius 3 is 2.22 bits per heavy atom. The van der Waals surface area contributed by atoms with Crippen LogP contribution < -0.4 is 10.6 Å². The summed E-state index contributed by atoms with van der Waals surface area (Å²) in [5, 5.41) is 5.01. The number of ether oxygens (including phenoxy) is 1. The molecule has 6 heteroatoms. The van der Waals surface area contributed by atoms with Gasteiger partial charge in [0.15, 0.2) is 0 Å². The predicted molar refractivity (Wildman–Crippen MR) is 83.4 cm³/mol. The Kier molecular flexibility index (Phi) is 4.34. The van der Waals surface area contributed by atoms with Gasteiger partial charge in [0.2, 0.25) is 0 Å². The number of rotatable bonds is 2. The van der Waals surface area contributed by atoms with E-state index in [1.165, 1.54) is 6.42 Å². The van der Waals surface area contributed by atoms with Crippen molar-refractivity contribution < 1.29 is 19.1 Å². The monoisotopic (exact) mass is 322 g/mol. The summed E-state index contributed by atoms with van der Waals surface area (Å²) in [6.45, 7) is 4.42. The zero-order valence-corrected chi connectivity index (χ0v) is 13.9. The molecule has 0 aromatic heterocycles. The number of carbonyl (C=O) groups excluding carboxylic acids is 3. The molecule has 0 aromatic rings. The van der Waals surface area contributed by atoms with E-state index in [1.807, 2.05) is 0 Å². The fourth-order valence-electron chi connectivity index (χ4n) is 4.46. The number of hydrogen-bond acceptors (Lipinski definition) is 4. The van der Waals surface area contributed by atoms with E-state index >= 15 is 0 Å². The number of nitrogens with one attached hydrogen (secondary N) is 2. The molecule has 2 N–H and O–H groups in total. The van der Waals surface area contributed by atoms with Gasteiger partial charge in [0.25, 0.3) is 5.91 Å². The van der Waals surface area contributed by atoms with Crippen LogP contribution in [0.15, 0.2) is 0 Å². The van der Waals surface area contributed by atoms with Gasteiger partial charge in [-0.15, -0.1) is 0 Å². The number of esters is 1. The van der Waals surface area contributed by atoms with E-state index in [4.69, 9.17) is 4.74 Å². The van der Waals surface area contributed by atoms with E-state index in [2.05, 4.69) is 24.5 Å². The number of carbonyl (C=O) groups is 3. The van der Waals surface area contributed by atoms with Crippen LogP contribution in [0.5, 0.6) is 0 Å². The number of urea groups is 1. The second kappa shape index (κ2) is 6.13. The number of hydrogen-bond donors (Lipinski definition) is 2. The minimum absolute atomic E-state index is 0.0339. The molecule has 1 saturated heterocycles. The first kappa shape index (κ1) is 16.3. The van der Waals surface area contributed by atoms with Crippen LogP contribution in [-0.4, -0.2) is 29.6 Å². The van der Waals surface area contributed by atoms with Gasteiger partial charge in [-0.3, -0.25) is 14.9 Å². The lowest BCUT2D eigenvalue weighted by Crippen LogP contribution is -2.50. The molecule has 3 rings (SSSR count). The third kappa shape index (κ3) is 3.35. The van der Waals surface area contributed by atoms with Crippen LogP contribution in [0.2, 0.25) is 0 Å². The SMILES string of the molecule is CC1CC(C)CC(OC(=O)C2CCC3(CC2)NC(=O)NC3=O)C1. The molecule has 6 nitrogen and oxygen atoms in total. The lowest BCUT2D eigenvalue weighted by atomic mass is 9.76. The van der Waals surface area contributed by atoms with Crippen molar-refractivity contribution in [3.63, 3.8) is 0 Å². The normalized spacial score (nSPS) is 40.6. The summed E-state index contributed by atoms with van der Waals surface area (Å²) in [7, 11) is 0. The average Bonchev–Trinajstić information content (AvgIpc) is 2.72. The second-order valence-corrected chi connectivity index (χ2v) is 7.74. The largest absolute Gasteiger partial charge is 0.462 e. The van der Waals surface area contributed by atoms with Crippen molar-refractivity contribution >= 4 is 17.9 Å². The summed E-state index contributed by atoms with van der Waals surface area (Å²) < 4.78 is 5.74. The fourth-order valence-corrected chi connectivity index (χ4v) is 4.46. The molecule has 23 heavy (non-hydrogen) atoms. The Labute approximate surface area is 136 Å². The molecule has 2 aliphatic carbocycles. The van der Waals surface area contributed by atoms with E-state index in [9.17, 15) is 14.4 Å². The summed E-state index contributed by atoms with van der Waals surface area (Å²) in [6.07, 6.45) is 5.32. The zero-order valence-electron chi connectivity index (χ0n) is 13.9. The molecule has 3 amide bonds. The molecule has 1 aliphatic heterocycles. The molecule has 3 fully saturated rings. The fraction of sp³-hybridized carbons (Fsp3) is 0.824. The van der Waals surface area contributed by atoms with Crippen LogP contribution in [0, 0.1) is 17.8 Å². The molecule has 1 heterocycles. The minimum atomic E-state index is -0.804. The van der Waals surface area contributed by atoms with Crippen molar-refractivity contribution in [2.24, 2.45) is 17.8 Å². The molecule has 2 atom stereocenters. The van der Waals surface area contributed by atoms with E-state index in [-0.39, 0.29) is 23.9 Å². The Balaban J connectivity index is 1.52. The van der Waals surface area contributed by atoms with Crippen molar-refractivity contribution in [1.29, 1.82) is 0 Å². The standard InChI is InChI=1S/C17H26N2O4/c1-10-7-11(2)9-13(8-10)23-14(20)12-3-5-17(6-4-12)15(21)18-16(22)19-17/h10-13H,3-9H2,1-2H3,(H2,18,19,21,22). The van der Waals surface area contributed by atoms with Gasteiger partial charge in [-0.2, -0.15) is 0 Å². The predicted octanol–water partition coefficient (Wildman–Crippen LogP) is 2.12. The summed E-state index contributed by atoms with van der Waals surface area (Å²) in [4.78, 5) is 35.7. The van der Waals surface area contributed by atoms with Gasteiger partial charge in [0.05, 0.1) is 5.92 Å². The first-order valence-corrected chi connectivity index (χ1v) is 8.72. The smallest absolute Gasteiger partial charge is 0.322 e. The first-order valence-electron chi connectivity index (χ1n) is 8.72. The maximum absolute atomic E-state index is 12.4. The van der Waals surface area contributed by atoms with E-state index in [0.717, 1.165) is 12.8 Å². The number of imide groups is 1. The van der Waals surface area contributed by atoms with Gasteiger partial charge in [-0.1, -0.05) is 13.8 Å². The highest BCUT2D eigenvalue weighted by Gasteiger charge is 2.49. The van der Waals surface area contributed by atoms with Crippen LogP contribution in [0.25, 0.3) is 0 Å². The Hall–Kier alpha value is -1.59. The maximum atomic E-state index is 12.4. The topological polar surface area (TPSA) is 84.5 Å². The van der Waals surface area contributed by atoms with Gasteiger partial charge in [-0.25, -0.2) is 4.79 Å². The maximum Gasteiger partial charge on any atom is 0.322 e. The third-order valence-corrected chi connectivity index (χ3v) is 5.61. The molecule has 2 saturated carbocycles. The van der Waals surface area contributed by atoms with Gasteiger partial charge in [-0.05, 0) is 56.8 Å². The first-order chi connectivity index (χ1) is 10.9. The Bertz CT molecular complexity index is 501. The highest BCUT2D eigenvalue weighted by atomic mass is 16.5. The van der Waals surface area contributed by atoms with Crippen LogP contribution in [0.1, 0.15) is 58.8 Å². The van der Waals surface area contributed by atoms with E-state index in [1.54, 1.807) is 0 Å². The van der Waals surface area contributed by atoms with Crippen LogP contribution in [0.3, 0.4) is 0 Å². The Morgan fingerprint density at radius 1 is 1.09 bits per heavy atom. The average molecular weight is 322 g/mol. The van der Waals surface area contributed by atoms with Crippen molar-refractivity contribution in [2.45, 2.75) is 70.4 Å². The summed E-state index contributed by atoms with van der Waals surface area (Å²) in [6, 6.07) is -0.429. The van der Waals surface area contributed by atoms with Crippen LogP contribution in [-0.2, 0) is 14.3 Å². The molecule has 128 valence electrons. The molecule has 1 spiro atoms. The highest BCUT2D eigenvalue weighted by Crippen LogP contribution is 2.36. The van der Waals surface area contributed by atoms with Crippen molar-refractivity contribution in [2.75, 3.05) is 0 Å². The molecule has 0 aromatic carbocycles. The molecule has 0 radical (unpaired) electrons. The molecular formula is C17H26N2O4. The zero-order chi connectivity index (χ0) is 16.6. The summed E-state index contributed by atoms with van der Waals surface area (Å²) >= 11 is 0. The molecule has 0 bridgehead atoms. The lowest BCUT2D eigenvalue weighted by Gasteiger charge is -2.35. The molecule has 3 aliphatic rings. The highest BCUT2D eigenvalue weighted by molar-refractivity contribution is 6.07. The summed E-state index contributed by atoms with van der Waals surface area (Å²) in [5.74, 6) is 0.658. The quantitative estimate of drug-likeness (QED) is 0.602. The third-order valence-electron chi connectivity index (χ3n) is 5.61. The van der Waals surface area contributed by atoms with Crippen LogP contribution in [0.4, 0.5) is 4.79 Å². The van der Waals surface area contributed by atoms with E-state index < -0.39 is 11.6 Å². The lowest BCUT2D eigenvalue weighted by molar-refractivity contribution is -0.159. The van der Waals surface area contributed by atoms with Gasteiger partial charge < -0.3 is 10.1 Å². The minimum Gasteiger partial charge on any atom is -0.462 e. The van der Waals surface area contributed by atoms with Crippen molar-refractivity contribution in [3.05, 3.63) is 0 Å². The Morgan fingerprint density at radius 2 is 1.70 bits per heavy atom. The van der Waals surface area contributed by atoms with E-state index in [0.29, 0.717) is 37.5 Å². The molecular weight excluding hydrogens is 296 g/mol. The number of amides is 3. The van der Waals surface area contributed by atoms with Crippen molar-refractivity contribution in [1.82, 2.24) is 10.6 Å². The van der Waals surface area contributed by atoms with Gasteiger partial charge >= 0.3 is 12.0 Å². The molecule has 2 unspecified atom stereocenters. The second-order valence-electron chi connectivity index (χ2n) is 7.74.